The lowest BCUT2D eigenvalue weighted by Crippen LogP contribution is -2.17. The molecular weight excluding hydrogens is 250 g/mol. The SMILES string of the molecule is c1ccc(-c2csc(C3Cc4ccccc43)n2)cc1. The summed E-state index contributed by atoms with van der Waals surface area (Å²) in [7, 11) is 0. The zero-order valence-electron chi connectivity index (χ0n) is 10.4. The number of rotatable bonds is 2. The largest absolute Gasteiger partial charge is 0.241 e. The van der Waals surface area contributed by atoms with Gasteiger partial charge < -0.3 is 0 Å². The highest BCUT2D eigenvalue weighted by Crippen LogP contribution is 2.41. The van der Waals surface area contributed by atoms with Crippen LogP contribution in [0.3, 0.4) is 0 Å². The molecule has 1 aliphatic rings. The van der Waals surface area contributed by atoms with Gasteiger partial charge in [0.15, 0.2) is 0 Å². The Labute approximate surface area is 116 Å². The van der Waals surface area contributed by atoms with Crippen LogP contribution in [-0.4, -0.2) is 4.98 Å². The van der Waals surface area contributed by atoms with Gasteiger partial charge in [-0.15, -0.1) is 11.3 Å². The minimum Gasteiger partial charge on any atom is -0.241 e. The maximum atomic E-state index is 4.82. The van der Waals surface area contributed by atoms with E-state index in [0.717, 1.165) is 12.1 Å². The van der Waals surface area contributed by atoms with Gasteiger partial charge in [-0.3, -0.25) is 0 Å². The van der Waals surface area contributed by atoms with Crippen LogP contribution in [0.4, 0.5) is 0 Å². The van der Waals surface area contributed by atoms with Crippen LogP contribution in [0.1, 0.15) is 22.1 Å². The summed E-state index contributed by atoms with van der Waals surface area (Å²) in [6.45, 7) is 0. The molecule has 0 fully saturated rings. The molecule has 0 aliphatic heterocycles. The Morgan fingerprint density at radius 2 is 1.74 bits per heavy atom. The van der Waals surface area contributed by atoms with Gasteiger partial charge in [-0.2, -0.15) is 0 Å². The van der Waals surface area contributed by atoms with E-state index >= 15 is 0 Å². The molecule has 0 spiro atoms. The minimum absolute atomic E-state index is 0.513. The fraction of sp³-hybridized carbons (Fsp3) is 0.118. The van der Waals surface area contributed by atoms with Crippen LogP contribution < -0.4 is 0 Å². The van der Waals surface area contributed by atoms with Crippen molar-refractivity contribution in [1.82, 2.24) is 4.98 Å². The zero-order chi connectivity index (χ0) is 12.7. The van der Waals surface area contributed by atoms with E-state index in [4.69, 9.17) is 4.98 Å². The zero-order valence-corrected chi connectivity index (χ0v) is 11.2. The van der Waals surface area contributed by atoms with Crippen molar-refractivity contribution in [2.45, 2.75) is 12.3 Å². The Hall–Kier alpha value is -1.93. The van der Waals surface area contributed by atoms with E-state index in [0.29, 0.717) is 5.92 Å². The third kappa shape index (κ3) is 1.80. The van der Waals surface area contributed by atoms with Crippen molar-refractivity contribution >= 4 is 11.3 Å². The average molecular weight is 263 g/mol. The van der Waals surface area contributed by atoms with Crippen molar-refractivity contribution in [1.29, 1.82) is 0 Å². The first-order chi connectivity index (χ1) is 9.42. The van der Waals surface area contributed by atoms with Gasteiger partial charge in [-0.05, 0) is 17.5 Å². The number of fused-ring (bicyclic) bond motifs is 1. The smallest absolute Gasteiger partial charge is 0.101 e. The van der Waals surface area contributed by atoms with Crippen molar-refractivity contribution in [2.75, 3.05) is 0 Å². The molecule has 3 aromatic rings. The summed E-state index contributed by atoms with van der Waals surface area (Å²) in [6.07, 6.45) is 1.14. The van der Waals surface area contributed by atoms with Crippen LogP contribution in [-0.2, 0) is 6.42 Å². The minimum atomic E-state index is 0.513. The number of thiazole rings is 1. The second-order valence-corrected chi connectivity index (χ2v) is 5.78. The predicted octanol–water partition coefficient (Wildman–Crippen LogP) is 4.50. The highest BCUT2D eigenvalue weighted by molar-refractivity contribution is 7.10. The van der Waals surface area contributed by atoms with Gasteiger partial charge >= 0.3 is 0 Å². The van der Waals surface area contributed by atoms with Crippen molar-refractivity contribution in [3.63, 3.8) is 0 Å². The van der Waals surface area contributed by atoms with E-state index in [1.807, 2.05) is 6.07 Å². The molecule has 2 aromatic carbocycles. The van der Waals surface area contributed by atoms with Gasteiger partial charge in [0.05, 0.1) is 5.69 Å². The molecule has 2 heteroatoms. The Morgan fingerprint density at radius 1 is 0.947 bits per heavy atom. The molecule has 4 rings (SSSR count). The Bertz CT molecular complexity index is 715. The van der Waals surface area contributed by atoms with E-state index in [1.165, 1.54) is 21.7 Å². The van der Waals surface area contributed by atoms with Crippen LogP contribution in [0.25, 0.3) is 11.3 Å². The molecule has 0 amide bonds. The molecule has 0 bridgehead atoms. The Kier molecular flexibility index (Phi) is 2.49. The van der Waals surface area contributed by atoms with Crippen molar-refractivity contribution < 1.29 is 0 Å². The average Bonchev–Trinajstić information content (AvgIpc) is 2.91. The van der Waals surface area contributed by atoms with Gasteiger partial charge in [-0.25, -0.2) is 4.98 Å². The standard InChI is InChI=1S/C17H13NS/c1-2-6-12(7-3-1)16-11-19-17(18-16)15-10-13-8-4-5-9-14(13)15/h1-9,11,15H,10H2. The maximum absolute atomic E-state index is 4.82. The summed E-state index contributed by atoms with van der Waals surface area (Å²) < 4.78 is 0. The van der Waals surface area contributed by atoms with Gasteiger partial charge in [-0.1, -0.05) is 54.6 Å². The molecule has 1 atom stereocenters. The summed E-state index contributed by atoms with van der Waals surface area (Å²) in [5.74, 6) is 0.513. The van der Waals surface area contributed by atoms with Gasteiger partial charge in [0.2, 0.25) is 0 Å². The Balaban J connectivity index is 1.67. The van der Waals surface area contributed by atoms with Crippen LogP contribution in [0.15, 0.2) is 60.0 Å². The summed E-state index contributed by atoms with van der Waals surface area (Å²) in [5.41, 5.74) is 5.24. The first-order valence-electron chi connectivity index (χ1n) is 6.50. The van der Waals surface area contributed by atoms with Crippen molar-refractivity contribution in [3.05, 3.63) is 76.1 Å². The van der Waals surface area contributed by atoms with Crippen LogP contribution >= 0.6 is 11.3 Å². The first kappa shape index (κ1) is 10.9. The number of nitrogens with zero attached hydrogens (tertiary/aromatic N) is 1. The molecule has 1 aromatic heterocycles. The van der Waals surface area contributed by atoms with E-state index in [2.05, 4.69) is 53.9 Å². The number of benzene rings is 2. The summed E-state index contributed by atoms with van der Waals surface area (Å²) in [4.78, 5) is 4.82. The lowest BCUT2D eigenvalue weighted by atomic mass is 9.78. The summed E-state index contributed by atoms with van der Waals surface area (Å²) >= 11 is 1.78. The topological polar surface area (TPSA) is 12.9 Å². The Morgan fingerprint density at radius 3 is 2.58 bits per heavy atom. The summed E-state index contributed by atoms with van der Waals surface area (Å²) in [5, 5.41) is 3.42. The third-order valence-electron chi connectivity index (χ3n) is 3.74. The monoisotopic (exact) mass is 263 g/mol. The molecule has 0 saturated heterocycles. The van der Waals surface area contributed by atoms with Crippen molar-refractivity contribution in [2.24, 2.45) is 0 Å². The molecule has 0 N–H and O–H groups in total. The second kappa shape index (κ2) is 4.32. The number of hydrogen-bond acceptors (Lipinski definition) is 2. The normalized spacial score (nSPS) is 16.7. The third-order valence-corrected chi connectivity index (χ3v) is 4.70. The van der Waals surface area contributed by atoms with E-state index in [9.17, 15) is 0 Å². The predicted molar refractivity (Wildman–Crippen MR) is 79.5 cm³/mol. The van der Waals surface area contributed by atoms with Crippen molar-refractivity contribution in [3.8, 4) is 11.3 Å². The molecule has 0 radical (unpaired) electrons. The maximum Gasteiger partial charge on any atom is 0.101 e. The molecule has 1 heterocycles. The fourth-order valence-corrected chi connectivity index (χ4v) is 3.62. The molecule has 19 heavy (non-hydrogen) atoms. The lowest BCUT2D eigenvalue weighted by molar-refractivity contribution is 0.703. The molecule has 1 aliphatic carbocycles. The van der Waals surface area contributed by atoms with E-state index < -0.39 is 0 Å². The van der Waals surface area contributed by atoms with Gasteiger partial charge in [0.25, 0.3) is 0 Å². The number of hydrogen-bond donors (Lipinski definition) is 0. The molecular formula is C17H13NS. The highest BCUT2D eigenvalue weighted by atomic mass is 32.1. The quantitative estimate of drug-likeness (QED) is 0.663. The van der Waals surface area contributed by atoms with Gasteiger partial charge in [0.1, 0.15) is 5.01 Å². The lowest BCUT2D eigenvalue weighted by Gasteiger charge is -2.28. The van der Waals surface area contributed by atoms with Crippen LogP contribution in [0.5, 0.6) is 0 Å². The van der Waals surface area contributed by atoms with Gasteiger partial charge in [0, 0.05) is 16.9 Å². The van der Waals surface area contributed by atoms with Crippen LogP contribution in [0, 0.1) is 0 Å². The highest BCUT2D eigenvalue weighted by Gasteiger charge is 2.29. The molecule has 1 nitrogen and oxygen atoms in total. The number of aromatic nitrogens is 1. The molecule has 92 valence electrons. The second-order valence-electron chi connectivity index (χ2n) is 4.89. The fourth-order valence-electron chi connectivity index (χ4n) is 2.67. The van der Waals surface area contributed by atoms with E-state index in [-0.39, 0.29) is 0 Å². The van der Waals surface area contributed by atoms with Crippen LogP contribution in [0.2, 0.25) is 0 Å². The van der Waals surface area contributed by atoms with E-state index in [1.54, 1.807) is 11.3 Å². The molecule has 0 saturated carbocycles. The first-order valence-corrected chi connectivity index (χ1v) is 7.38. The molecule has 1 unspecified atom stereocenters. The summed E-state index contributed by atoms with van der Waals surface area (Å²) in [6, 6.07) is 19.1.